The van der Waals surface area contributed by atoms with Gasteiger partial charge in [0.05, 0.1) is 0 Å². The van der Waals surface area contributed by atoms with E-state index in [1.807, 2.05) is 26.0 Å². The minimum absolute atomic E-state index is 0.927. The summed E-state index contributed by atoms with van der Waals surface area (Å²) in [6, 6.07) is 0. The van der Waals surface area contributed by atoms with Crippen molar-refractivity contribution in [2.75, 3.05) is 27.7 Å². The summed E-state index contributed by atoms with van der Waals surface area (Å²) in [4.78, 5) is 6.25. The number of rotatable bonds is 3. The minimum Gasteiger partial charge on any atom is -0.356 e. The molecule has 0 radical (unpaired) electrons. The molecule has 0 bridgehead atoms. The SMILES string of the molecule is CN=C(NCCC1CCCC(C)C1)N(C)C. The van der Waals surface area contributed by atoms with Crippen molar-refractivity contribution in [2.45, 2.75) is 39.0 Å². The predicted octanol–water partition coefficient (Wildman–Crippen LogP) is 2.34. The summed E-state index contributed by atoms with van der Waals surface area (Å²) in [7, 11) is 5.89. The first-order chi connectivity index (χ1) is 7.63. The summed E-state index contributed by atoms with van der Waals surface area (Å²) in [6.45, 7) is 3.45. The zero-order valence-electron chi connectivity index (χ0n) is 11.3. The maximum Gasteiger partial charge on any atom is 0.193 e. The fraction of sp³-hybridized carbons (Fsp3) is 0.923. The van der Waals surface area contributed by atoms with E-state index in [1.165, 1.54) is 32.1 Å². The lowest BCUT2D eigenvalue weighted by Crippen LogP contribution is -2.37. The Morgan fingerprint density at radius 2 is 2.12 bits per heavy atom. The molecule has 0 aliphatic heterocycles. The van der Waals surface area contributed by atoms with E-state index in [1.54, 1.807) is 0 Å². The van der Waals surface area contributed by atoms with Gasteiger partial charge in [0.1, 0.15) is 0 Å². The van der Waals surface area contributed by atoms with Crippen LogP contribution in [0.3, 0.4) is 0 Å². The van der Waals surface area contributed by atoms with Crippen molar-refractivity contribution in [3.8, 4) is 0 Å². The Balaban J connectivity index is 2.19. The summed E-state index contributed by atoms with van der Waals surface area (Å²) < 4.78 is 0. The molecule has 1 fully saturated rings. The molecule has 0 spiro atoms. The molecule has 2 atom stereocenters. The third-order valence-electron chi connectivity index (χ3n) is 3.52. The first kappa shape index (κ1) is 13.3. The first-order valence-corrected chi connectivity index (χ1v) is 6.51. The van der Waals surface area contributed by atoms with E-state index in [0.29, 0.717) is 0 Å². The second-order valence-electron chi connectivity index (χ2n) is 5.29. The summed E-state index contributed by atoms with van der Waals surface area (Å²) >= 11 is 0. The summed E-state index contributed by atoms with van der Waals surface area (Å²) in [6.07, 6.45) is 6.99. The number of guanidine groups is 1. The average Bonchev–Trinajstić information content (AvgIpc) is 2.24. The normalized spacial score (nSPS) is 26.6. The van der Waals surface area contributed by atoms with Gasteiger partial charge < -0.3 is 10.2 Å². The summed E-state index contributed by atoms with van der Waals surface area (Å²) in [5.74, 6) is 2.85. The van der Waals surface area contributed by atoms with E-state index < -0.39 is 0 Å². The van der Waals surface area contributed by atoms with Gasteiger partial charge in [-0.25, -0.2) is 0 Å². The van der Waals surface area contributed by atoms with Crippen LogP contribution >= 0.6 is 0 Å². The van der Waals surface area contributed by atoms with E-state index in [4.69, 9.17) is 0 Å². The van der Waals surface area contributed by atoms with E-state index in [-0.39, 0.29) is 0 Å². The van der Waals surface area contributed by atoms with Gasteiger partial charge in [-0.1, -0.05) is 26.2 Å². The van der Waals surface area contributed by atoms with Crippen molar-refractivity contribution < 1.29 is 0 Å². The number of hydrogen-bond acceptors (Lipinski definition) is 1. The first-order valence-electron chi connectivity index (χ1n) is 6.51. The van der Waals surface area contributed by atoms with Gasteiger partial charge >= 0.3 is 0 Å². The Labute approximate surface area is 100 Å². The van der Waals surface area contributed by atoms with E-state index >= 15 is 0 Å². The third-order valence-corrected chi connectivity index (χ3v) is 3.52. The van der Waals surface area contributed by atoms with Gasteiger partial charge in [0.2, 0.25) is 0 Å². The molecule has 1 aliphatic rings. The third kappa shape index (κ3) is 4.42. The molecule has 0 aromatic rings. The van der Waals surface area contributed by atoms with Gasteiger partial charge in [-0.2, -0.15) is 0 Å². The van der Waals surface area contributed by atoms with Gasteiger partial charge in [-0.3, -0.25) is 4.99 Å². The fourth-order valence-electron chi connectivity index (χ4n) is 2.65. The number of nitrogens with zero attached hydrogens (tertiary/aromatic N) is 2. The molecule has 0 saturated heterocycles. The Bertz CT molecular complexity index is 223. The molecule has 94 valence electrons. The molecule has 0 amide bonds. The molecule has 0 aromatic heterocycles. The zero-order valence-corrected chi connectivity index (χ0v) is 11.3. The maximum atomic E-state index is 4.22. The Hall–Kier alpha value is -0.730. The highest BCUT2D eigenvalue weighted by Gasteiger charge is 2.18. The standard InChI is InChI=1S/C13H27N3/c1-11-6-5-7-12(10-11)8-9-15-13(14-2)16(3)4/h11-12H,5-10H2,1-4H3,(H,14,15). The molecule has 1 saturated carbocycles. The number of nitrogens with one attached hydrogen (secondary N) is 1. The van der Waals surface area contributed by atoms with Gasteiger partial charge in [-0.05, 0) is 24.7 Å². The van der Waals surface area contributed by atoms with Crippen LogP contribution in [0, 0.1) is 11.8 Å². The fourth-order valence-corrected chi connectivity index (χ4v) is 2.65. The highest BCUT2D eigenvalue weighted by Crippen LogP contribution is 2.30. The van der Waals surface area contributed by atoms with Gasteiger partial charge in [0.15, 0.2) is 5.96 Å². The number of hydrogen-bond donors (Lipinski definition) is 1. The second-order valence-corrected chi connectivity index (χ2v) is 5.29. The zero-order chi connectivity index (χ0) is 12.0. The molecule has 2 unspecified atom stereocenters. The molecule has 16 heavy (non-hydrogen) atoms. The van der Waals surface area contributed by atoms with Crippen molar-refractivity contribution >= 4 is 5.96 Å². The van der Waals surface area contributed by atoms with Crippen molar-refractivity contribution in [3.05, 3.63) is 0 Å². The van der Waals surface area contributed by atoms with Crippen LogP contribution in [-0.2, 0) is 0 Å². The highest BCUT2D eigenvalue weighted by atomic mass is 15.3. The maximum absolute atomic E-state index is 4.22. The van der Waals surface area contributed by atoms with Crippen molar-refractivity contribution in [3.63, 3.8) is 0 Å². The van der Waals surface area contributed by atoms with Crippen molar-refractivity contribution in [2.24, 2.45) is 16.8 Å². The van der Waals surface area contributed by atoms with Gasteiger partial charge in [0.25, 0.3) is 0 Å². The Morgan fingerprint density at radius 3 is 2.69 bits per heavy atom. The summed E-state index contributed by atoms with van der Waals surface area (Å²) in [5, 5.41) is 3.41. The average molecular weight is 225 g/mol. The van der Waals surface area contributed by atoms with Gasteiger partial charge in [0, 0.05) is 27.7 Å². The molecular weight excluding hydrogens is 198 g/mol. The van der Waals surface area contributed by atoms with E-state index in [2.05, 4.69) is 17.2 Å². The topological polar surface area (TPSA) is 27.6 Å². The largest absolute Gasteiger partial charge is 0.356 e. The molecule has 1 N–H and O–H groups in total. The predicted molar refractivity (Wildman–Crippen MR) is 70.8 cm³/mol. The van der Waals surface area contributed by atoms with Crippen molar-refractivity contribution in [1.29, 1.82) is 0 Å². The molecule has 3 heteroatoms. The van der Waals surface area contributed by atoms with Gasteiger partial charge in [-0.15, -0.1) is 0 Å². The van der Waals surface area contributed by atoms with Crippen LogP contribution in [-0.4, -0.2) is 38.5 Å². The molecule has 1 rings (SSSR count). The lowest BCUT2D eigenvalue weighted by Gasteiger charge is -2.27. The molecule has 0 aromatic carbocycles. The second kappa shape index (κ2) is 6.77. The molecule has 0 heterocycles. The van der Waals surface area contributed by atoms with Crippen LogP contribution < -0.4 is 5.32 Å². The van der Waals surface area contributed by atoms with Crippen LogP contribution in [0.4, 0.5) is 0 Å². The smallest absolute Gasteiger partial charge is 0.193 e. The molecular formula is C13H27N3. The van der Waals surface area contributed by atoms with Crippen LogP contribution in [0.1, 0.15) is 39.0 Å². The van der Waals surface area contributed by atoms with Crippen LogP contribution in [0.2, 0.25) is 0 Å². The highest BCUT2D eigenvalue weighted by molar-refractivity contribution is 5.79. The Kier molecular flexibility index (Phi) is 5.64. The number of aliphatic imine (C=N–C) groups is 1. The minimum atomic E-state index is 0.927. The molecule has 1 aliphatic carbocycles. The van der Waals surface area contributed by atoms with Crippen LogP contribution in [0.15, 0.2) is 4.99 Å². The monoisotopic (exact) mass is 225 g/mol. The van der Waals surface area contributed by atoms with E-state index in [9.17, 15) is 0 Å². The molecule has 3 nitrogen and oxygen atoms in total. The Morgan fingerprint density at radius 1 is 1.38 bits per heavy atom. The van der Waals surface area contributed by atoms with Crippen molar-refractivity contribution in [1.82, 2.24) is 10.2 Å². The quantitative estimate of drug-likeness (QED) is 0.590. The summed E-state index contributed by atoms with van der Waals surface area (Å²) in [5.41, 5.74) is 0. The van der Waals surface area contributed by atoms with Crippen LogP contribution in [0.5, 0.6) is 0 Å². The lowest BCUT2D eigenvalue weighted by molar-refractivity contribution is 0.270. The van der Waals surface area contributed by atoms with E-state index in [0.717, 1.165) is 24.3 Å². The van der Waals surface area contributed by atoms with Crippen LogP contribution in [0.25, 0.3) is 0 Å². The lowest BCUT2D eigenvalue weighted by atomic mass is 9.81.